The topological polar surface area (TPSA) is 20.2 Å². The lowest BCUT2D eigenvalue weighted by molar-refractivity contribution is 0.282. The molecular formula is C9H10O. The Labute approximate surface area is 60.6 Å². The molecule has 0 fully saturated rings. The second kappa shape index (κ2) is 3.18. The van der Waals surface area contributed by atoms with Crippen molar-refractivity contribution in [2.75, 3.05) is 0 Å². The molecule has 1 heteroatoms. The molecule has 0 heterocycles. The van der Waals surface area contributed by atoms with Gasteiger partial charge in [-0.2, -0.15) is 0 Å². The van der Waals surface area contributed by atoms with Crippen molar-refractivity contribution in [1.29, 1.82) is 0 Å². The Bertz CT molecular complexity index is 211. The van der Waals surface area contributed by atoms with Crippen LogP contribution in [0.15, 0.2) is 30.8 Å². The molecule has 0 aromatic heterocycles. The fraction of sp³-hybridized carbons (Fsp3) is 0.111. The molecule has 1 aromatic rings. The van der Waals surface area contributed by atoms with Crippen LogP contribution in [-0.4, -0.2) is 5.11 Å². The molecule has 0 aliphatic carbocycles. The summed E-state index contributed by atoms with van der Waals surface area (Å²) in [6.45, 7) is 3.73. The SMILES string of the molecule is [13CH2]=Cc1ccc(CO)cc1. The van der Waals surface area contributed by atoms with Crippen LogP contribution >= 0.6 is 0 Å². The lowest BCUT2D eigenvalue weighted by atomic mass is 10.1. The van der Waals surface area contributed by atoms with Gasteiger partial charge in [-0.25, -0.2) is 0 Å². The van der Waals surface area contributed by atoms with Gasteiger partial charge in [-0.05, 0) is 11.1 Å². The first kappa shape index (κ1) is 7.03. The summed E-state index contributed by atoms with van der Waals surface area (Å²) >= 11 is 0. The van der Waals surface area contributed by atoms with Gasteiger partial charge in [0, 0.05) is 0 Å². The second-order valence-electron chi connectivity index (χ2n) is 2.10. The summed E-state index contributed by atoms with van der Waals surface area (Å²) < 4.78 is 0. The summed E-state index contributed by atoms with van der Waals surface area (Å²) in [5.41, 5.74) is 2.02. The van der Waals surface area contributed by atoms with Gasteiger partial charge in [0.25, 0.3) is 0 Å². The Hall–Kier alpha value is -1.08. The number of aliphatic hydroxyl groups excluding tert-OH is 1. The van der Waals surface area contributed by atoms with E-state index in [9.17, 15) is 0 Å². The van der Waals surface area contributed by atoms with Crippen LogP contribution in [0.1, 0.15) is 11.1 Å². The van der Waals surface area contributed by atoms with Gasteiger partial charge < -0.3 is 5.11 Å². The molecule has 1 aromatic carbocycles. The number of rotatable bonds is 2. The highest BCUT2D eigenvalue weighted by molar-refractivity contribution is 5.46. The van der Waals surface area contributed by atoms with Gasteiger partial charge in [0.05, 0.1) is 6.61 Å². The summed E-state index contributed by atoms with van der Waals surface area (Å²) in [5, 5.41) is 8.68. The largest absolute Gasteiger partial charge is 0.392 e. The smallest absolute Gasteiger partial charge is 0.0681 e. The average Bonchev–Trinajstić information content (AvgIpc) is 2.05. The van der Waals surface area contributed by atoms with Gasteiger partial charge in [0.1, 0.15) is 0 Å². The van der Waals surface area contributed by atoms with Gasteiger partial charge in [-0.1, -0.05) is 36.9 Å². The highest BCUT2D eigenvalue weighted by atomic mass is 16.3. The predicted molar refractivity (Wildman–Crippen MR) is 42.5 cm³/mol. The van der Waals surface area contributed by atoms with E-state index in [1.807, 2.05) is 24.3 Å². The minimum Gasteiger partial charge on any atom is -0.392 e. The Morgan fingerprint density at radius 3 is 2.30 bits per heavy atom. The van der Waals surface area contributed by atoms with E-state index in [0.29, 0.717) is 0 Å². The number of aliphatic hydroxyl groups is 1. The van der Waals surface area contributed by atoms with Gasteiger partial charge >= 0.3 is 0 Å². The molecule has 1 nitrogen and oxygen atoms in total. The molecule has 0 aliphatic heterocycles. The monoisotopic (exact) mass is 135 g/mol. The Morgan fingerprint density at radius 2 is 1.90 bits per heavy atom. The first-order chi connectivity index (χ1) is 4.86. The molecule has 0 atom stereocenters. The van der Waals surface area contributed by atoms with E-state index in [1.165, 1.54) is 0 Å². The minimum absolute atomic E-state index is 0.109. The maximum atomic E-state index is 8.68. The van der Waals surface area contributed by atoms with E-state index in [2.05, 4.69) is 6.58 Å². The molecule has 0 spiro atoms. The molecule has 0 bridgehead atoms. The highest BCUT2D eigenvalue weighted by Gasteiger charge is 1.87. The van der Waals surface area contributed by atoms with Crippen LogP contribution in [0.5, 0.6) is 0 Å². The van der Waals surface area contributed by atoms with E-state index in [-0.39, 0.29) is 6.61 Å². The minimum atomic E-state index is 0.109. The van der Waals surface area contributed by atoms with Crippen molar-refractivity contribution >= 4 is 6.08 Å². The quantitative estimate of drug-likeness (QED) is 0.613. The van der Waals surface area contributed by atoms with Crippen LogP contribution in [0, 0.1) is 0 Å². The maximum absolute atomic E-state index is 8.68. The lowest BCUT2D eigenvalue weighted by Gasteiger charge is -1.94. The molecular weight excluding hydrogens is 125 g/mol. The summed E-state index contributed by atoms with van der Waals surface area (Å²) in [7, 11) is 0. The van der Waals surface area contributed by atoms with Crippen LogP contribution in [0.3, 0.4) is 0 Å². The number of hydrogen-bond donors (Lipinski definition) is 1. The summed E-state index contributed by atoms with van der Waals surface area (Å²) in [6.07, 6.45) is 1.78. The molecule has 0 saturated heterocycles. The van der Waals surface area contributed by atoms with E-state index >= 15 is 0 Å². The summed E-state index contributed by atoms with van der Waals surface area (Å²) in [4.78, 5) is 0. The molecule has 0 aliphatic rings. The second-order valence-corrected chi connectivity index (χ2v) is 2.10. The van der Waals surface area contributed by atoms with E-state index < -0.39 is 0 Å². The zero-order valence-electron chi connectivity index (χ0n) is 5.75. The predicted octanol–water partition coefficient (Wildman–Crippen LogP) is 1.82. The van der Waals surface area contributed by atoms with Crippen LogP contribution in [0.25, 0.3) is 6.08 Å². The van der Waals surface area contributed by atoms with Crippen molar-refractivity contribution < 1.29 is 5.11 Å². The Kier molecular flexibility index (Phi) is 2.24. The van der Waals surface area contributed by atoms with Gasteiger partial charge in [0.2, 0.25) is 0 Å². The molecule has 1 rings (SSSR count). The molecule has 0 unspecified atom stereocenters. The zero-order chi connectivity index (χ0) is 7.40. The zero-order valence-corrected chi connectivity index (χ0v) is 5.75. The van der Waals surface area contributed by atoms with Crippen molar-refractivity contribution in [3.63, 3.8) is 0 Å². The van der Waals surface area contributed by atoms with E-state index in [1.54, 1.807) is 6.08 Å². The van der Waals surface area contributed by atoms with E-state index in [0.717, 1.165) is 11.1 Å². The normalized spacial score (nSPS) is 9.30. The molecule has 0 radical (unpaired) electrons. The standard InChI is InChI=1S/C9H10O/c1-2-8-3-5-9(7-10)6-4-8/h2-6,10H,1,7H2/i1+1. The van der Waals surface area contributed by atoms with Crippen molar-refractivity contribution in [2.45, 2.75) is 6.61 Å². The summed E-state index contributed by atoms with van der Waals surface area (Å²) in [5.74, 6) is 0. The molecule has 10 heavy (non-hydrogen) atoms. The molecule has 0 saturated carbocycles. The van der Waals surface area contributed by atoms with Crippen molar-refractivity contribution in [1.82, 2.24) is 0 Å². The van der Waals surface area contributed by atoms with Gasteiger partial charge in [0.15, 0.2) is 0 Å². The number of hydrogen-bond acceptors (Lipinski definition) is 1. The van der Waals surface area contributed by atoms with Crippen LogP contribution in [-0.2, 0) is 6.61 Å². The first-order valence-corrected chi connectivity index (χ1v) is 3.19. The fourth-order valence-electron chi connectivity index (χ4n) is 0.759. The van der Waals surface area contributed by atoms with Crippen molar-refractivity contribution in [3.05, 3.63) is 42.0 Å². The fourth-order valence-corrected chi connectivity index (χ4v) is 0.759. The molecule has 52 valence electrons. The van der Waals surface area contributed by atoms with Crippen LogP contribution in [0.4, 0.5) is 0 Å². The van der Waals surface area contributed by atoms with Crippen molar-refractivity contribution in [2.24, 2.45) is 0 Å². The number of benzene rings is 1. The van der Waals surface area contributed by atoms with E-state index in [4.69, 9.17) is 5.11 Å². The third-order valence-corrected chi connectivity index (χ3v) is 1.40. The van der Waals surface area contributed by atoms with Crippen molar-refractivity contribution in [3.8, 4) is 0 Å². The lowest BCUT2D eigenvalue weighted by Crippen LogP contribution is -1.80. The Balaban J connectivity index is 2.90. The average molecular weight is 135 g/mol. The Morgan fingerprint density at radius 1 is 1.30 bits per heavy atom. The summed E-state index contributed by atoms with van der Waals surface area (Å²) in [6, 6.07) is 7.63. The van der Waals surface area contributed by atoms with Crippen LogP contribution < -0.4 is 0 Å². The van der Waals surface area contributed by atoms with Gasteiger partial charge in [-0.15, -0.1) is 0 Å². The molecule has 0 amide bonds. The third kappa shape index (κ3) is 1.45. The van der Waals surface area contributed by atoms with Crippen LogP contribution in [0.2, 0.25) is 0 Å². The first-order valence-electron chi connectivity index (χ1n) is 3.19. The third-order valence-electron chi connectivity index (χ3n) is 1.40. The van der Waals surface area contributed by atoms with Gasteiger partial charge in [-0.3, -0.25) is 0 Å². The molecule has 1 N–H and O–H groups in total. The maximum Gasteiger partial charge on any atom is 0.0681 e. The highest BCUT2D eigenvalue weighted by Crippen LogP contribution is 2.04.